The van der Waals surface area contributed by atoms with Gasteiger partial charge in [0.1, 0.15) is 4.90 Å². The van der Waals surface area contributed by atoms with Gasteiger partial charge in [0.05, 0.1) is 10.2 Å². The van der Waals surface area contributed by atoms with Gasteiger partial charge in [0, 0.05) is 14.3 Å². The quantitative estimate of drug-likeness (QED) is 0.436. The van der Waals surface area contributed by atoms with Gasteiger partial charge < -0.3 is 0 Å². The zero-order valence-corrected chi connectivity index (χ0v) is 17.1. The first-order valence-electron chi connectivity index (χ1n) is 6.54. The summed E-state index contributed by atoms with van der Waals surface area (Å²) in [6.45, 7) is 0. The molecule has 0 saturated heterocycles. The lowest BCUT2D eigenvalue weighted by Crippen LogP contribution is -2.14. The SMILES string of the molecule is O=S(=O)(Nc1cccc2ccccc12)c1ccc(Br)c(Br)c1Br. The fraction of sp³-hybridized carbons (Fsp3) is 0. The molecule has 1 N–H and O–H groups in total. The average molecular weight is 520 g/mol. The number of rotatable bonds is 3. The lowest BCUT2D eigenvalue weighted by molar-refractivity contribution is 0.600. The highest BCUT2D eigenvalue weighted by molar-refractivity contribution is 9.14. The minimum absolute atomic E-state index is 0.167. The van der Waals surface area contributed by atoms with Crippen LogP contribution >= 0.6 is 47.8 Å². The van der Waals surface area contributed by atoms with Crippen molar-refractivity contribution in [2.45, 2.75) is 4.90 Å². The molecular weight excluding hydrogens is 510 g/mol. The number of anilines is 1. The van der Waals surface area contributed by atoms with Crippen molar-refractivity contribution in [3.8, 4) is 0 Å². The van der Waals surface area contributed by atoms with Crippen LogP contribution in [0.4, 0.5) is 5.69 Å². The Labute approximate surface area is 159 Å². The molecule has 3 nitrogen and oxygen atoms in total. The summed E-state index contributed by atoms with van der Waals surface area (Å²) in [5.74, 6) is 0. The van der Waals surface area contributed by atoms with Crippen LogP contribution in [0.25, 0.3) is 10.8 Å². The first-order valence-corrected chi connectivity index (χ1v) is 10.4. The van der Waals surface area contributed by atoms with Crippen LogP contribution < -0.4 is 4.72 Å². The molecule has 0 aromatic heterocycles. The molecule has 0 atom stereocenters. The van der Waals surface area contributed by atoms with Crippen molar-refractivity contribution in [2.75, 3.05) is 4.72 Å². The summed E-state index contributed by atoms with van der Waals surface area (Å²) >= 11 is 10.0. The van der Waals surface area contributed by atoms with Crippen LogP contribution in [0, 0.1) is 0 Å². The van der Waals surface area contributed by atoms with Gasteiger partial charge in [-0.25, -0.2) is 8.42 Å². The van der Waals surface area contributed by atoms with Crippen molar-refractivity contribution < 1.29 is 8.42 Å². The second-order valence-corrected chi connectivity index (χ2v) is 8.90. The Morgan fingerprint density at radius 3 is 2.26 bits per heavy atom. The second-order valence-electron chi connectivity index (χ2n) is 4.81. The molecule has 0 spiro atoms. The summed E-state index contributed by atoms with van der Waals surface area (Å²) in [4.78, 5) is 0.167. The highest BCUT2D eigenvalue weighted by Gasteiger charge is 2.21. The monoisotopic (exact) mass is 517 g/mol. The van der Waals surface area contributed by atoms with E-state index in [1.807, 2.05) is 36.4 Å². The minimum Gasteiger partial charge on any atom is -0.279 e. The Bertz CT molecular complexity index is 998. The van der Waals surface area contributed by atoms with Crippen molar-refractivity contribution in [3.63, 3.8) is 0 Å². The molecule has 3 rings (SSSR count). The van der Waals surface area contributed by atoms with Crippen LogP contribution in [0.3, 0.4) is 0 Å². The topological polar surface area (TPSA) is 46.2 Å². The van der Waals surface area contributed by atoms with Crippen LogP contribution in [0.5, 0.6) is 0 Å². The van der Waals surface area contributed by atoms with Crippen molar-refractivity contribution in [2.24, 2.45) is 0 Å². The van der Waals surface area contributed by atoms with Crippen LogP contribution in [0.2, 0.25) is 0 Å². The van der Waals surface area contributed by atoms with Crippen molar-refractivity contribution in [3.05, 3.63) is 68.0 Å². The predicted molar refractivity (Wildman–Crippen MR) is 104 cm³/mol. The normalized spacial score (nSPS) is 11.6. The van der Waals surface area contributed by atoms with Crippen molar-refractivity contribution >= 4 is 74.3 Å². The van der Waals surface area contributed by atoms with Crippen LogP contribution in [-0.2, 0) is 10.0 Å². The number of halogens is 3. The number of hydrogen-bond acceptors (Lipinski definition) is 2. The van der Waals surface area contributed by atoms with Crippen molar-refractivity contribution in [1.29, 1.82) is 0 Å². The lowest BCUT2D eigenvalue weighted by atomic mass is 10.1. The fourth-order valence-corrected chi connectivity index (χ4v) is 5.45. The second kappa shape index (κ2) is 6.55. The van der Waals surface area contributed by atoms with E-state index in [0.29, 0.717) is 14.6 Å². The van der Waals surface area contributed by atoms with E-state index in [0.717, 1.165) is 15.2 Å². The summed E-state index contributed by atoms with van der Waals surface area (Å²) in [6.07, 6.45) is 0. The number of benzene rings is 3. The third-order valence-electron chi connectivity index (χ3n) is 3.32. The van der Waals surface area contributed by atoms with E-state index in [2.05, 4.69) is 52.5 Å². The van der Waals surface area contributed by atoms with Gasteiger partial charge in [-0.05, 0) is 71.4 Å². The molecule has 0 fully saturated rings. The Kier molecular flexibility index (Phi) is 4.83. The highest BCUT2D eigenvalue weighted by Crippen LogP contribution is 2.36. The molecule has 7 heteroatoms. The third kappa shape index (κ3) is 3.33. The number of sulfonamides is 1. The Morgan fingerprint density at radius 1 is 0.783 bits per heavy atom. The van der Waals surface area contributed by atoms with Crippen LogP contribution in [0.15, 0.2) is 72.9 Å². The van der Waals surface area contributed by atoms with Gasteiger partial charge in [-0.1, -0.05) is 36.4 Å². The maximum atomic E-state index is 12.8. The van der Waals surface area contributed by atoms with Gasteiger partial charge in [-0.3, -0.25) is 4.72 Å². The summed E-state index contributed by atoms with van der Waals surface area (Å²) in [5, 5.41) is 1.83. The summed E-state index contributed by atoms with van der Waals surface area (Å²) in [7, 11) is -3.72. The number of fused-ring (bicyclic) bond motifs is 1. The van der Waals surface area contributed by atoms with E-state index in [1.165, 1.54) is 0 Å². The van der Waals surface area contributed by atoms with Crippen molar-refractivity contribution in [1.82, 2.24) is 0 Å². The molecule has 0 amide bonds. The van der Waals surface area contributed by atoms with E-state index in [9.17, 15) is 8.42 Å². The van der Waals surface area contributed by atoms with Gasteiger partial charge in [0.15, 0.2) is 0 Å². The fourth-order valence-electron chi connectivity index (χ4n) is 2.23. The van der Waals surface area contributed by atoms with Crippen LogP contribution in [-0.4, -0.2) is 8.42 Å². The van der Waals surface area contributed by atoms with Gasteiger partial charge in [-0.2, -0.15) is 0 Å². The molecule has 0 heterocycles. The molecule has 23 heavy (non-hydrogen) atoms. The summed E-state index contributed by atoms with van der Waals surface area (Å²) in [5.41, 5.74) is 0.550. The summed E-state index contributed by atoms with van der Waals surface area (Å²) < 4.78 is 30.1. The van der Waals surface area contributed by atoms with E-state index < -0.39 is 10.0 Å². The van der Waals surface area contributed by atoms with E-state index in [1.54, 1.807) is 18.2 Å². The largest absolute Gasteiger partial charge is 0.279 e. The third-order valence-corrected chi connectivity index (χ3v) is 8.37. The molecule has 0 aliphatic heterocycles. The molecule has 3 aromatic carbocycles. The Hall–Kier alpha value is -0.890. The maximum Gasteiger partial charge on any atom is 0.263 e. The molecule has 0 aliphatic rings. The molecule has 0 saturated carbocycles. The van der Waals surface area contributed by atoms with E-state index in [4.69, 9.17) is 0 Å². The average Bonchev–Trinajstić information content (AvgIpc) is 2.52. The molecule has 0 radical (unpaired) electrons. The minimum atomic E-state index is -3.72. The number of nitrogens with one attached hydrogen (secondary N) is 1. The van der Waals surface area contributed by atoms with Crippen LogP contribution in [0.1, 0.15) is 0 Å². The summed E-state index contributed by atoms with van der Waals surface area (Å²) in [6, 6.07) is 16.4. The van der Waals surface area contributed by atoms with Gasteiger partial charge >= 0.3 is 0 Å². The van der Waals surface area contributed by atoms with Gasteiger partial charge in [0.2, 0.25) is 0 Å². The molecule has 3 aromatic rings. The molecule has 0 unspecified atom stereocenters. The number of hydrogen-bond donors (Lipinski definition) is 1. The first kappa shape index (κ1) is 17.0. The Morgan fingerprint density at radius 2 is 1.48 bits per heavy atom. The van der Waals surface area contributed by atoms with E-state index in [-0.39, 0.29) is 4.90 Å². The predicted octanol–water partition coefficient (Wildman–Crippen LogP) is 5.93. The molecular formula is C16H10Br3NO2S. The smallest absolute Gasteiger partial charge is 0.263 e. The zero-order chi connectivity index (χ0) is 16.6. The van der Waals surface area contributed by atoms with E-state index >= 15 is 0 Å². The molecule has 0 bridgehead atoms. The highest BCUT2D eigenvalue weighted by atomic mass is 79.9. The standard InChI is InChI=1S/C16H10Br3NO2S/c17-12-8-9-14(16(19)15(12)18)23(21,22)20-13-7-3-5-10-4-1-2-6-11(10)13/h1-9,20H. The Balaban J connectivity index is 2.10. The maximum absolute atomic E-state index is 12.8. The van der Waals surface area contributed by atoms with Gasteiger partial charge in [0.25, 0.3) is 10.0 Å². The molecule has 0 aliphatic carbocycles. The first-order chi connectivity index (χ1) is 10.9. The lowest BCUT2D eigenvalue weighted by Gasteiger charge is -2.13. The van der Waals surface area contributed by atoms with Gasteiger partial charge in [-0.15, -0.1) is 0 Å². The zero-order valence-electron chi connectivity index (χ0n) is 11.6. The molecule has 118 valence electrons.